The van der Waals surface area contributed by atoms with Crippen molar-refractivity contribution in [1.29, 1.82) is 0 Å². The second-order valence-corrected chi connectivity index (χ2v) is 7.16. The number of aromatic nitrogens is 1. The lowest BCUT2D eigenvalue weighted by atomic mass is 10.1. The van der Waals surface area contributed by atoms with Gasteiger partial charge in [0, 0.05) is 45.9 Å². The van der Waals surface area contributed by atoms with Gasteiger partial charge in [0.15, 0.2) is 0 Å². The number of carbonyl (C=O) groups excluding carboxylic acids is 2. The van der Waals surface area contributed by atoms with Crippen LogP contribution in [0.2, 0.25) is 5.02 Å². The third kappa shape index (κ3) is 5.79. The number of carbonyl (C=O) groups is 2. The summed E-state index contributed by atoms with van der Waals surface area (Å²) in [6.45, 7) is 6.30. The van der Waals surface area contributed by atoms with Crippen LogP contribution in [0.25, 0.3) is 0 Å². The Morgan fingerprint density at radius 1 is 1.11 bits per heavy atom. The molecule has 0 bridgehead atoms. The van der Waals surface area contributed by atoms with Gasteiger partial charge in [-0.05, 0) is 55.2 Å². The molecule has 0 unspecified atom stereocenters. The van der Waals surface area contributed by atoms with Gasteiger partial charge >= 0.3 is 0 Å². The molecule has 2 amide bonds. The Kier molecular flexibility index (Phi) is 7.36. The Morgan fingerprint density at radius 3 is 2.37 bits per heavy atom. The largest absolute Gasteiger partial charge is 0.345 e. The van der Waals surface area contributed by atoms with Gasteiger partial charge in [-0.1, -0.05) is 17.7 Å². The van der Waals surface area contributed by atoms with Gasteiger partial charge in [-0.25, -0.2) is 0 Å². The van der Waals surface area contributed by atoms with E-state index in [-0.39, 0.29) is 18.2 Å². The minimum absolute atomic E-state index is 0.00352. The smallest absolute Gasteiger partial charge is 0.224 e. The zero-order valence-corrected chi connectivity index (χ0v) is 17.1. The fourth-order valence-corrected chi connectivity index (χ4v) is 3.47. The van der Waals surface area contributed by atoms with E-state index in [2.05, 4.69) is 4.98 Å². The van der Waals surface area contributed by atoms with Gasteiger partial charge in [0.25, 0.3) is 0 Å². The van der Waals surface area contributed by atoms with Crippen molar-refractivity contribution in [3.05, 3.63) is 58.4 Å². The van der Waals surface area contributed by atoms with Gasteiger partial charge in [0.1, 0.15) is 0 Å². The second kappa shape index (κ2) is 9.51. The summed E-state index contributed by atoms with van der Waals surface area (Å²) in [6, 6.07) is 7.71. The lowest BCUT2D eigenvalue weighted by Crippen LogP contribution is -2.36. The van der Waals surface area contributed by atoms with Crippen LogP contribution < -0.4 is 4.90 Å². The molecule has 0 saturated carbocycles. The second-order valence-electron chi connectivity index (χ2n) is 6.75. The molecule has 0 atom stereocenters. The number of rotatable bonds is 7. The molecule has 2 aromatic rings. The molecule has 6 heteroatoms. The van der Waals surface area contributed by atoms with Crippen molar-refractivity contribution in [2.75, 3.05) is 25.0 Å². The maximum absolute atomic E-state index is 12.5. The number of aryl methyl sites for hydroxylation is 2. The van der Waals surface area contributed by atoms with Crippen molar-refractivity contribution < 1.29 is 9.59 Å². The Morgan fingerprint density at radius 2 is 1.78 bits per heavy atom. The van der Waals surface area contributed by atoms with E-state index in [1.54, 1.807) is 29.2 Å². The monoisotopic (exact) mass is 387 g/mol. The summed E-state index contributed by atoms with van der Waals surface area (Å²) < 4.78 is 0. The van der Waals surface area contributed by atoms with E-state index in [9.17, 15) is 9.59 Å². The molecule has 1 heterocycles. The van der Waals surface area contributed by atoms with Crippen molar-refractivity contribution in [3.8, 4) is 0 Å². The van der Waals surface area contributed by atoms with Gasteiger partial charge in [0.05, 0.1) is 10.7 Å². The number of nitrogens with zero attached hydrogens (tertiary/aromatic N) is 3. The molecule has 2 rings (SSSR count). The molecule has 5 nitrogen and oxygen atoms in total. The highest BCUT2D eigenvalue weighted by atomic mass is 35.5. The van der Waals surface area contributed by atoms with Crippen LogP contribution in [0.1, 0.15) is 30.0 Å². The summed E-state index contributed by atoms with van der Waals surface area (Å²) in [5.41, 5.74) is 3.78. The average Bonchev–Trinajstić information content (AvgIpc) is 2.61. The fraction of sp³-hybridized carbons (Fsp3) is 0.381. The first-order chi connectivity index (χ1) is 12.8. The molecule has 0 saturated heterocycles. The average molecular weight is 388 g/mol. The zero-order valence-electron chi connectivity index (χ0n) is 16.3. The van der Waals surface area contributed by atoms with Crippen LogP contribution in [0.15, 0.2) is 36.7 Å². The lowest BCUT2D eigenvalue weighted by Gasteiger charge is -2.26. The van der Waals surface area contributed by atoms with Gasteiger partial charge in [0.2, 0.25) is 11.8 Å². The summed E-state index contributed by atoms with van der Waals surface area (Å²) >= 11 is 6.37. The highest BCUT2D eigenvalue weighted by Crippen LogP contribution is 2.31. The molecule has 144 valence electrons. The number of amides is 2. The predicted octanol–water partition coefficient (Wildman–Crippen LogP) is 3.80. The van der Waals surface area contributed by atoms with Crippen LogP contribution in [-0.2, 0) is 16.0 Å². The molecule has 0 radical (unpaired) electrons. The van der Waals surface area contributed by atoms with E-state index in [4.69, 9.17) is 11.6 Å². The minimum Gasteiger partial charge on any atom is -0.345 e. The third-order valence-electron chi connectivity index (χ3n) is 4.51. The normalized spacial score (nSPS) is 10.6. The van der Waals surface area contributed by atoms with Gasteiger partial charge < -0.3 is 9.80 Å². The molecule has 0 aliphatic heterocycles. The number of benzene rings is 1. The summed E-state index contributed by atoms with van der Waals surface area (Å²) in [4.78, 5) is 31.9. The Bertz CT molecular complexity index is 785. The predicted molar refractivity (Wildman–Crippen MR) is 109 cm³/mol. The van der Waals surface area contributed by atoms with Crippen molar-refractivity contribution >= 4 is 29.1 Å². The van der Waals surface area contributed by atoms with Crippen LogP contribution in [0.3, 0.4) is 0 Å². The Balaban J connectivity index is 1.99. The first-order valence-corrected chi connectivity index (χ1v) is 9.35. The van der Waals surface area contributed by atoms with Crippen molar-refractivity contribution in [3.63, 3.8) is 0 Å². The first-order valence-electron chi connectivity index (χ1n) is 8.97. The quantitative estimate of drug-likeness (QED) is 0.726. The molecular weight excluding hydrogens is 362 g/mol. The summed E-state index contributed by atoms with van der Waals surface area (Å²) in [5.74, 6) is -0.132. The van der Waals surface area contributed by atoms with E-state index < -0.39 is 0 Å². The van der Waals surface area contributed by atoms with Gasteiger partial charge in [-0.2, -0.15) is 0 Å². The SMILES string of the molecule is CC(=O)N(CCC(=O)N(C)CCc1ccncc1)c1c(C)cc(C)cc1Cl. The van der Waals surface area contributed by atoms with E-state index in [1.807, 2.05) is 38.1 Å². The molecule has 0 aliphatic rings. The van der Waals surface area contributed by atoms with E-state index in [0.717, 1.165) is 23.1 Å². The van der Waals surface area contributed by atoms with Crippen LogP contribution in [0.5, 0.6) is 0 Å². The number of pyridine rings is 1. The lowest BCUT2D eigenvalue weighted by molar-refractivity contribution is -0.129. The number of hydrogen-bond donors (Lipinski definition) is 0. The standard InChI is InChI=1S/C21H26ClN3O2/c1-15-13-16(2)21(19(22)14-15)25(17(3)26)12-8-20(27)24(4)11-7-18-5-9-23-10-6-18/h5-6,9-10,13-14H,7-8,11-12H2,1-4H3. The van der Waals surface area contributed by atoms with Crippen LogP contribution >= 0.6 is 11.6 Å². The summed E-state index contributed by atoms with van der Waals surface area (Å²) in [5, 5.41) is 0.529. The maximum atomic E-state index is 12.5. The summed E-state index contributed by atoms with van der Waals surface area (Å²) in [6.07, 6.45) is 4.51. The maximum Gasteiger partial charge on any atom is 0.224 e. The fourth-order valence-electron chi connectivity index (χ4n) is 3.05. The van der Waals surface area contributed by atoms with Crippen molar-refractivity contribution in [2.24, 2.45) is 0 Å². The van der Waals surface area contributed by atoms with Crippen LogP contribution in [-0.4, -0.2) is 41.8 Å². The highest BCUT2D eigenvalue weighted by molar-refractivity contribution is 6.34. The topological polar surface area (TPSA) is 53.5 Å². The van der Waals surface area contributed by atoms with Crippen molar-refractivity contribution in [1.82, 2.24) is 9.88 Å². The molecule has 1 aromatic carbocycles. The van der Waals surface area contributed by atoms with Crippen LogP contribution in [0.4, 0.5) is 5.69 Å². The molecule has 0 aliphatic carbocycles. The molecule has 0 spiro atoms. The summed E-state index contributed by atoms with van der Waals surface area (Å²) in [7, 11) is 1.78. The first kappa shape index (κ1) is 20.9. The van der Waals surface area contributed by atoms with Gasteiger partial charge in [-0.15, -0.1) is 0 Å². The van der Waals surface area contributed by atoms with Gasteiger partial charge in [-0.3, -0.25) is 14.6 Å². The van der Waals surface area contributed by atoms with Crippen LogP contribution in [0, 0.1) is 13.8 Å². The van der Waals surface area contributed by atoms with Crippen molar-refractivity contribution in [2.45, 2.75) is 33.6 Å². The number of halogens is 1. The number of likely N-dealkylation sites (N-methyl/N-ethyl adjacent to an activating group) is 1. The van der Waals surface area contributed by atoms with E-state index in [0.29, 0.717) is 23.8 Å². The third-order valence-corrected chi connectivity index (χ3v) is 4.80. The van der Waals surface area contributed by atoms with E-state index in [1.165, 1.54) is 6.92 Å². The molecule has 27 heavy (non-hydrogen) atoms. The minimum atomic E-state index is -0.129. The Hall–Kier alpha value is -2.40. The highest BCUT2D eigenvalue weighted by Gasteiger charge is 2.19. The molecule has 0 fully saturated rings. The zero-order chi connectivity index (χ0) is 20.0. The van der Waals surface area contributed by atoms with E-state index >= 15 is 0 Å². The molecule has 0 N–H and O–H groups in total. The molecular formula is C21H26ClN3O2. The molecule has 1 aromatic heterocycles. The number of hydrogen-bond acceptors (Lipinski definition) is 3. The Labute approximate surface area is 166 Å². The number of anilines is 1.